The van der Waals surface area contributed by atoms with Gasteiger partial charge in [0.2, 0.25) is 0 Å². The Kier molecular flexibility index (Phi) is 15.6. The third kappa shape index (κ3) is 10.3. The molecule has 0 bridgehead atoms. The number of hydrogen-bond acceptors (Lipinski definition) is 8. The van der Waals surface area contributed by atoms with E-state index in [1.165, 1.54) is 41.6 Å². The first-order chi connectivity index (χ1) is 17.9. The monoisotopic (exact) mass is 554 g/mol. The normalized spacial score (nSPS) is 10.3. The van der Waals surface area contributed by atoms with Crippen molar-refractivity contribution in [2.75, 3.05) is 25.7 Å². The van der Waals surface area contributed by atoms with Crippen LogP contribution in [0.3, 0.4) is 0 Å². The van der Waals surface area contributed by atoms with Gasteiger partial charge in [-0.1, -0.05) is 57.5 Å². The van der Waals surface area contributed by atoms with E-state index < -0.39 is 6.43 Å². The van der Waals surface area contributed by atoms with Gasteiger partial charge in [0.05, 0.1) is 19.3 Å². The second-order valence-corrected chi connectivity index (χ2v) is 9.07. The van der Waals surface area contributed by atoms with Crippen molar-refractivity contribution in [1.29, 1.82) is 0 Å². The lowest BCUT2D eigenvalue weighted by molar-refractivity contribution is 0.145. The lowest BCUT2D eigenvalue weighted by Crippen LogP contribution is -2.19. The third-order valence-electron chi connectivity index (χ3n) is 4.59. The van der Waals surface area contributed by atoms with Crippen LogP contribution < -0.4 is 15.0 Å². The van der Waals surface area contributed by atoms with Crippen LogP contribution in [-0.4, -0.2) is 45.3 Å². The number of ether oxygens (including phenoxy) is 1. The van der Waals surface area contributed by atoms with Gasteiger partial charge in [-0.05, 0) is 43.3 Å². The van der Waals surface area contributed by atoms with Gasteiger partial charge in [-0.2, -0.15) is 0 Å². The summed E-state index contributed by atoms with van der Waals surface area (Å²) in [5.74, 6) is 1.88. The molecule has 0 saturated carbocycles. The van der Waals surface area contributed by atoms with Gasteiger partial charge in [-0.15, -0.1) is 0 Å². The molecule has 0 unspecified atom stereocenters. The highest BCUT2D eigenvalue weighted by Crippen LogP contribution is 2.28. The molecular weight excluding hydrogens is 518 g/mol. The molecule has 7 nitrogen and oxygen atoms in total. The fourth-order valence-corrected chi connectivity index (χ4v) is 4.47. The molecule has 2 heterocycles. The first kappa shape index (κ1) is 32.4. The van der Waals surface area contributed by atoms with Crippen molar-refractivity contribution in [3.8, 4) is 22.8 Å². The predicted octanol–water partition coefficient (Wildman–Crippen LogP) is 6.41. The molecule has 2 aromatic heterocycles. The maximum absolute atomic E-state index is 13.5. The van der Waals surface area contributed by atoms with E-state index in [-0.39, 0.29) is 28.7 Å². The SMILES string of the molecule is CC.CC.CNSCCCSc1nc(-c2ccc(=O)n(Cc3ccc(O)c(OC)c3)c2)cc(C(F)F)n1. The van der Waals surface area contributed by atoms with Crippen molar-refractivity contribution < 1.29 is 18.6 Å². The van der Waals surface area contributed by atoms with Crippen molar-refractivity contribution in [2.45, 2.75) is 52.2 Å². The zero-order valence-electron chi connectivity index (χ0n) is 22.1. The third-order valence-corrected chi connectivity index (χ3v) is 6.31. The number of aromatic nitrogens is 3. The van der Waals surface area contributed by atoms with Crippen molar-refractivity contribution in [1.82, 2.24) is 19.3 Å². The Morgan fingerprint density at radius 3 is 2.46 bits per heavy atom. The molecule has 0 atom stereocenters. The number of hydrogen-bond donors (Lipinski definition) is 2. The largest absolute Gasteiger partial charge is 0.504 e. The summed E-state index contributed by atoms with van der Waals surface area (Å²) < 4.78 is 36.5. The maximum Gasteiger partial charge on any atom is 0.280 e. The smallest absolute Gasteiger partial charge is 0.280 e. The number of halogens is 2. The van der Waals surface area contributed by atoms with Crippen LogP contribution in [0.25, 0.3) is 11.3 Å². The Balaban J connectivity index is 0.00000163. The standard InChI is InChI=1S/C22H24F2N4O3S2.2C2H6/c1-25-33-9-3-8-32-22-26-16(11-17(27-22)21(23)24)15-5-7-20(30)28(13-15)12-14-4-6-18(29)19(10-14)31-2;2*1-2/h4-7,10-11,13,21,25,29H,3,8-9,12H2,1-2H3;2*1-2H3. The molecule has 11 heteroatoms. The number of pyridine rings is 1. The highest BCUT2D eigenvalue weighted by molar-refractivity contribution is 7.99. The van der Waals surface area contributed by atoms with Crippen LogP contribution in [0.15, 0.2) is 52.5 Å². The predicted molar refractivity (Wildman–Crippen MR) is 150 cm³/mol. The van der Waals surface area contributed by atoms with Crippen LogP contribution >= 0.6 is 23.7 Å². The van der Waals surface area contributed by atoms with E-state index in [1.54, 1.807) is 36.3 Å². The first-order valence-electron chi connectivity index (χ1n) is 12.1. The Morgan fingerprint density at radius 1 is 1.08 bits per heavy atom. The molecule has 0 aliphatic carbocycles. The summed E-state index contributed by atoms with van der Waals surface area (Å²) in [6.45, 7) is 8.21. The summed E-state index contributed by atoms with van der Waals surface area (Å²) in [6, 6.07) is 8.98. The number of alkyl halides is 2. The zero-order valence-corrected chi connectivity index (χ0v) is 23.8. The summed E-state index contributed by atoms with van der Waals surface area (Å²) >= 11 is 2.90. The van der Waals surface area contributed by atoms with Gasteiger partial charge >= 0.3 is 0 Å². The van der Waals surface area contributed by atoms with E-state index in [9.17, 15) is 18.7 Å². The molecule has 2 N–H and O–H groups in total. The lowest BCUT2D eigenvalue weighted by atomic mass is 10.1. The first-order valence-corrected chi connectivity index (χ1v) is 14.0. The zero-order chi connectivity index (χ0) is 27.8. The molecule has 0 fully saturated rings. The minimum absolute atomic E-state index is 0.00237. The number of nitrogens with zero attached hydrogens (tertiary/aromatic N) is 3. The Bertz CT molecular complexity index is 1150. The van der Waals surface area contributed by atoms with E-state index in [1.807, 2.05) is 34.7 Å². The molecule has 0 radical (unpaired) electrons. The highest BCUT2D eigenvalue weighted by atomic mass is 32.2. The lowest BCUT2D eigenvalue weighted by Gasteiger charge is -2.11. The quantitative estimate of drug-likeness (QED) is 0.122. The summed E-state index contributed by atoms with van der Waals surface area (Å²) in [5.41, 5.74) is 0.968. The van der Waals surface area contributed by atoms with Crippen molar-refractivity contribution in [3.05, 3.63) is 64.2 Å². The average molecular weight is 555 g/mol. The number of aromatic hydroxyl groups is 1. The summed E-state index contributed by atoms with van der Waals surface area (Å²) in [6.07, 6.45) is -0.285. The van der Waals surface area contributed by atoms with Crippen molar-refractivity contribution in [2.24, 2.45) is 0 Å². The molecule has 1 aromatic carbocycles. The number of thioether (sulfide) groups is 1. The molecule has 3 rings (SSSR count). The fraction of sp³-hybridized carbons (Fsp3) is 0.423. The van der Waals surface area contributed by atoms with Crippen LogP contribution in [0.1, 0.15) is 51.8 Å². The van der Waals surface area contributed by atoms with Crippen molar-refractivity contribution >= 4 is 23.7 Å². The Morgan fingerprint density at radius 2 is 1.81 bits per heavy atom. The summed E-state index contributed by atoms with van der Waals surface area (Å²) in [4.78, 5) is 20.8. The van der Waals surface area contributed by atoms with Crippen LogP contribution in [-0.2, 0) is 6.54 Å². The van der Waals surface area contributed by atoms with E-state index in [0.717, 1.165) is 17.7 Å². The maximum atomic E-state index is 13.5. The van der Waals surface area contributed by atoms with E-state index >= 15 is 0 Å². The van der Waals surface area contributed by atoms with Gasteiger partial charge < -0.3 is 14.4 Å². The second-order valence-electron chi connectivity index (χ2n) is 6.91. The van der Waals surface area contributed by atoms with E-state index in [4.69, 9.17) is 4.74 Å². The molecule has 0 aliphatic heterocycles. The van der Waals surface area contributed by atoms with Crippen LogP contribution in [0.4, 0.5) is 8.78 Å². The Labute approximate surface area is 226 Å². The van der Waals surface area contributed by atoms with Crippen LogP contribution in [0.5, 0.6) is 11.5 Å². The van der Waals surface area contributed by atoms with E-state index in [2.05, 4.69) is 14.7 Å². The molecule has 0 aliphatic rings. The molecule has 0 spiro atoms. The Hall–Kier alpha value is -2.63. The minimum Gasteiger partial charge on any atom is -0.504 e. The van der Waals surface area contributed by atoms with Gasteiger partial charge in [0.25, 0.3) is 12.0 Å². The molecular formula is C26H36F2N4O3S2. The van der Waals surface area contributed by atoms with Crippen molar-refractivity contribution in [3.63, 3.8) is 0 Å². The molecule has 0 amide bonds. The molecule has 0 saturated heterocycles. The van der Waals surface area contributed by atoms with Gasteiger partial charge in [0, 0.05) is 29.3 Å². The average Bonchev–Trinajstić information content (AvgIpc) is 2.93. The van der Waals surface area contributed by atoms with Gasteiger partial charge in [0.15, 0.2) is 16.7 Å². The molecule has 37 heavy (non-hydrogen) atoms. The highest BCUT2D eigenvalue weighted by Gasteiger charge is 2.15. The van der Waals surface area contributed by atoms with Gasteiger partial charge in [0.1, 0.15) is 5.69 Å². The molecule has 204 valence electrons. The summed E-state index contributed by atoms with van der Waals surface area (Å²) in [5, 5.41) is 10.1. The van der Waals surface area contributed by atoms with Gasteiger partial charge in [-0.25, -0.2) is 18.7 Å². The van der Waals surface area contributed by atoms with Gasteiger partial charge in [-0.3, -0.25) is 9.52 Å². The summed E-state index contributed by atoms with van der Waals surface area (Å²) in [7, 11) is 3.29. The number of nitrogens with one attached hydrogen (secondary N) is 1. The van der Waals surface area contributed by atoms with Crippen LogP contribution in [0.2, 0.25) is 0 Å². The fourth-order valence-electron chi connectivity index (χ4n) is 2.99. The number of phenolic OH excluding ortho intramolecular Hbond substituents is 1. The van der Waals surface area contributed by atoms with E-state index in [0.29, 0.717) is 22.8 Å². The number of methoxy groups -OCH3 is 1. The minimum atomic E-state index is -2.73. The number of benzene rings is 1. The second kappa shape index (κ2) is 17.8. The molecule has 3 aromatic rings. The number of phenols is 1. The van der Waals surface area contributed by atoms with Crippen LogP contribution in [0, 0.1) is 0 Å². The topological polar surface area (TPSA) is 89.3 Å². The number of rotatable bonds is 11.